The van der Waals surface area contributed by atoms with Crippen LogP contribution in [0.3, 0.4) is 0 Å². The van der Waals surface area contributed by atoms with Gasteiger partial charge >= 0.3 is 0 Å². The van der Waals surface area contributed by atoms with E-state index in [2.05, 4.69) is 25.3 Å². The molecule has 4 heterocycles. The van der Waals surface area contributed by atoms with Crippen LogP contribution in [-0.2, 0) is 22.4 Å². The Morgan fingerprint density at radius 3 is 2.68 bits per heavy atom. The van der Waals surface area contributed by atoms with E-state index in [1.807, 2.05) is 13.0 Å². The molecular formula is C20H17ClN8O2. The highest BCUT2D eigenvalue weighted by Gasteiger charge is 2.20. The van der Waals surface area contributed by atoms with E-state index in [0.29, 0.717) is 33.3 Å². The minimum absolute atomic E-state index is 0.0544. The molecule has 4 aromatic rings. The van der Waals surface area contributed by atoms with Crippen molar-refractivity contribution in [3.63, 3.8) is 0 Å². The van der Waals surface area contributed by atoms with E-state index < -0.39 is 0 Å². The SMILES string of the molecule is CO[C@@H](C)c1c(CC(=O)Cc2cnc(-n3nccn3)c(Cl)c2)cnc2cc(C#N)nn12. The zero-order chi connectivity index (χ0) is 22.0. The molecule has 156 valence electrons. The fourth-order valence-electron chi connectivity index (χ4n) is 3.26. The highest BCUT2D eigenvalue weighted by molar-refractivity contribution is 6.32. The Balaban J connectivity index is 1.58. The molecule has 1 atom stereocenters. The highest BCUT2D eigenvalue weighted by atomic mass is 35.5. The van der Waals surface area contributed by atoms with Crippen LogP contribution in [0.15, 0.2) is 36.9 Å². The Bertz CT molecular complexity index is 1290. The van der Waals surface area contributed by atoms with Gasteiger partial charge in [-0.2, -0.15) is 20.6 Å². The van der Waals surface area contributed by atoms with Gasteiger partial charge in [-0.1, -0.05) is 11.6 Å². The summed E-state index contributed by atoms with van der Waals surface area (Å²) in [4.78, 5) is 22.7. The summed E-state index contributed by atoms with van der Waals surface area (Å²) < 4.78 is 7.02. The van der Waals surface area contributed by atoms with E-state index in [1.165, 1.54) is 17.2 Å². The average molecular weight is 437 g/mol. The van der Waals surface area contributed by atoms with E-state index in [1.54, 1.807) is 36.2 Å². The number of rotatable bonds is 7. The van der Waals surface area contributed by atoms with Gasteiger partial charge in [0.05, 0.1) is 29.2 Å². The number of nitriles is 1. The number of Topliss-reactive ketones (excluding diaryl/α,β-unsaturated/α-hetero) is 1. The summed E-state index contributed by atoms with van der Waals surface area (Å²) in [7, 11) is 1.57. The molecule has 31 heavy (non-hydrogen) atoms. The molecule has 0 bridgehead atoms. The lowest BCUT2D eigenvalue weighted by molar-refractivity contribution is -0.117. The average Bonchev–Trinajstić information content (AvgIpc) is 3.42. The maximum atomic E-state index is 12.8. The Kier molecular flexibility index (Phi) is 5.70. The molecule has 4 rings (SSSR count). The lowest BCUT2D eigenvalue weighted by Crippen LogP contribution is -2.15. The second-order valence-electron chi connectivity index (χ2n) is 6.82. The molecule has 0 saturated heterocycles. The summed E-state index contributed by atoms with van der Waals surface area (Å²) in [6.45, 7) is 1.85. The topological polar surface area (TPSA) is 124 Å². The van der Waals surface area contributed by atoms with Gasteiger partial charge in [-0.05, 0) is 18.6 Å². The van der Waals surface area contributed by atoms with Crippen LogP contribution in [0.5, 0.6) is 0 Å². The number of ketones is 1. The molecule has 0 spiro atoms. The first-order valence-electron chi connectivity index (χ1n) is 9.33. The summed E-state index contributed by atoms with van der Waals surface area (Å²) in [6.07, 6.45) is 6.16. The van der Waals surface area contributed by atoms with Crippen molar-refractivity contribution in [2.75, 3.05) is 7.11 Å². The normalized spacial score (nSPS) is 12.1. The van der Waals surface area contributed by atoms with Crippen molar-refractivity contribution in [1.29, 1.82) is 5.26 Å². The summed E-state index contributed by atoms with van der Waals surface area (Å²) >= 11 is 6.29. The van der Waals surface area contributed by atoms with Gasteiger partial charge < -0.3 is 4.74 Å². The highest BCUT2D eigenvalue weighted by Crippen LogP contribution is 2.23. The quantitative estimate of drug-likeness (QED) is 0.432. The Morgan fingerprint density at radius 2 is 2.00 bits per heavy atom. The van der Waals surface area contributed by atoms with Crippen molar-refractivity contribution in [2.45, 2.75) is 25.9 Å². The molecule has 0 aliphatic carbocycles. The molecule has 4 aromatic heterocycles. The van der Waals surface area contributed by atoms with Gasteiger partial charge in [-0.15, -0.1) is 4.80 Å². The van der Waals surface area contributed by atoms with E-state index in [4.69, 9.17) is 21.6 Å². The largest absolute Gasteiger partial charge is 0.375 e. The summed E-state index contributed by atoms with van der Waals surface area (Å²) in [5.41, 5.74) is 2.79. The number of hydrogen-bond donors (Lipinski definition) is 0. The molecule has 10 nitrogen and oxygen atoms in total. The standard InChI is InChI=1S/C20H17ClN8O2/c1-12(31-2)19-14(11-23-18-8-15(9-22)27-28(18)19)7-16(30)5-13-6-17(21)20(24-10-13)29-25-3-4-26-29/h3-4,6,8,10-12H,5,7H2,1-2H3/t12-/m0/s1. The zero-order valence-corrected chi connectivity index (χ0v) is 17.5. The minimum atomic E-state index is -0.350. The Hall–Kier alpha value is -3.68. The van der Waals surface area contributed by atoms with Crippen molar-refractivity contribution in [3.05, 3.63) is 64.5 Å². The zero-order valence-electron chi connectivity index (χ0n) is 16.7. The molecule has 0 N–H and O–H groups in total. The van der Waals surface area contributed by atoms with Crippen LogP contribution in [0.4, 0.5) is 0 Å². The van der Waals surface area contributed by atoms with Crippen molar-refractivity contribution >= 4 is 23.0 Å². The van der Waals surface area contributed by atoms with Gasteiger partial charge in [-0.3, -0.25) is 4.79 Å². The van der Waals surface area contributed by atoms with Crippen molar-refractivity contribution in [2.24, 2.45) is 0 Å². The maximum absolute atomic E-state index is 12.8. The Labute approximate surface area is 182 Å². The van der Waals surface area contributed by atoms with E-state index in [-0.39, 0.29) is 30.4 Å². The van der Waals surface area contributed by atoms with Gasteiger partial charge in [0.2, 0.25) is 0 Å². The predicted molar refractivity (Wildman–Crippen MR) is 110 cm³/mol. The third kappa shape index (κ3) is 4.14. The number of nitrogens with zero attached hydrogens (tertiary/aromatic N) is 8. The number of pyridine rings is 1. The van der Waals surface area contributed by atoms with Crippen molar-refractivity contribution in [3.8, 4) is 11.9 Å². The second-order valence-corrected chi connectivity index (χ2v) is 7.22. The van der Waals surface area contributed by atoms with Crippen LogP contribution in [0.25, 0.3) is 11.5 Å². The van der Waals surface area contributed by atoms with Crippen LogP contribution in [0.2, 0.25) is 5.02 Å². The molecule has 0 fully saturated rings. The number of halogens is 1. The summed E-state index contributed by atoms with van der Waals surface area (Å²) in [6, 6.07) is 5.27. The predicted octanol–water partition coefficient (Wildman–Crippen LogP) is 2.29. The smallest absolute Gasteiger partial charge is 0.193 e. The molecule has 0 aliphatic heterocycles. The molecule has 0 amide bonds. The first-order chi connectivity index (χ1) is 15.0. The number of hydrogen-bond acceptors (Lipinski definition) is 8. The van der Waals surface area contributed by atoms with Gasteiger partial charge in [0, 0.05) is 44.0 Å². The third-order valence-corrected chi connectivity index (χ3v) is 5.01. The molecule has 0 unspecified atom stereocenters. The van der Waals surface area contributed by atoms with E-state index >= 15 is 0 Å². The molecule has 11 heteroatoms. The fourth-order valence-corrected chi connectivity index (χ4v) is 3.53. The number of fused-ring (bicyclic) bond motifs is 1. The maximum Gasteiger partial charge on any atom is 0.193 e. The summed E-state index contributed by atoms with van der Waals surface area (Å²) in [5.74, 6) is 0.335. The number of methoxy groups -OCH3 is 1. The minimum Gasteiger partial charge on any atom is -0.375 e. The number of aromatic nitrogens is 7. The van der Waals surface area contributed by atoms with Crippen LogP contribution in [0.1, 0.15) is 35.5 Å². The van der Waals surface area contributed by atoms with Crippen molar-refractivity contribution in [1.82, 2.24) is 34.6 Å². The lowest BCUT2D eigenvalue weighted by Gasteiger charge is -2.16. The third-order valence-electron chi connectivity index (χ3n) is 4.73. The van der Waals surface area contributed by atoms with Crippen LogP contribution in [0, 0.1) is 11.3 Å². The van der Waals surface area contributed by atoms with Gasteiger partial charge in [-0.25, -0.2) is 14.5 Å². The van der Waals surface area contributed by atoms with Gasteiger partial charge in [0.1, 0.15) is 11.9 Å². The van der Waals surface area contributed by atoms with Crippen LogP contribution in [-0.4, -0.2) is 47.5 Å². The van der Waals surface area contributed by atoms with Gasteiger partial charge in [0.25, 0.3) is 0 Å². The molecule has 0 saturated carbocycles. The monoisotopic (exact) mass is 436 g/mol. The molecule has 0 radical (unpaired) electrons. The number of carbonyl (C=O) groups excluding carboxylic acids is 1. The molecule has 0 aliphatic rings. The van der Waals surface area contributed by atoms with Crippen molar-refractivity contribution < 1.29 is 9.53 Å². The van der Waals surface area contributed by atoms with Crippen LogP contribution < -0.4 is 0 Å². The number of carbonyl (C=O) groups is 1. The first-order valence-corrected chi connectivity index (χ1v) is 9.71. The summed E-state index contributed by atoms with van der Waals surface area (Å²) in [5, 5.41) is 21.8. The van der Waals surface area contributed by atoms with E-state index in [0.717, 1.165) is 0 Å². The molecular weight excluding hydrogens is 420 g/mol. The van der Waals surface area contributed by atoms with Gasteiger partial charge in [0.15, 0.2) is 17.2 Å². The number of ether oxygens (including phenoxy) is 1. The lowest BCUT2D eigenvalue weighted by atomic mass is 10.0. The second kappa shape index (κ2) is 8.59. The van der Waals surface area contributed by atoms with Crippen LogP contribution >= 0.6 is 11.6 Å². The Morgan fingerprint density at radius 1 is 1.23 bits per heavy atom. The fraction of sp³-hybridized carbons (Fsp3) is 0.250. The van der Waals surface area contributed by atoms with E-state index in [9.17, 15) is 4.79 Å². The first kappa shape index (κ1) is 20.6. The molecule has 0 aromatic carbocycles.